The predicted octanol–water partition coefficient (Wildman–Crippen LogP) is 4.23. The smallest absolute Gasteiger partial charge is 0.389 e. The second-order valence-corrected chi connectivity index (χ2v) is 4.84. The van der Waals surface area contributed by atoms with Gasteiger partial charge < -0.3 is 10.4 Å². The first-order chi connectivity index (χ1) is 9.20. The zero-order valence-corrected chi connectivity index (χ0v) is 11.4. The Morgan fingerprint density at radius 3 is 2.60 bits per heavy atom. The van der Waals surface area contributed by atoms with Crippen molar-refractivity contribution in [1.29, 1.82) is 0 Å². The highest BCUT2D eigenvalue weighted by Gasteiger charge is 2.26. The molecule has 0 amide bonds. The fraction of sp³-hybridized carbons (Fsp3) is 0.500. The first-order valence-corrected chi connectivity index (χ1v) is 6.37. The van der Waals surface area contributed by atoms with Gasteiger partial charge in [0, 0.05) is 18.2 Å². The third kappa shape index (κ3) is 5.11. The molecule has 2 N–H and O–H groups in total. The van der Waals surface area contributed by atoms with Gasteiger partial charge in [0.2, 0.25) is 0 Å². The van der Waals surface area contributed by atoms with Crippen molar-refractivity contribution in [1.82, 2.24) is 0 Å². The van der Waals surface area contributed by atoms with E-state index in [-0.39, 0.29) is 18.0 Å². The highest BCUT2D eigenvalue weighted by molar-refractivity contribution is 5.91. The highest BCUT2D eigenvalue weighted by Crippen LogP contribution is 2.24. The molecule has 20 heavy (non-hydrogen) atoms. The first-order valence-electron chi connectivity index (χ1n) is 6.37. The Bertz CT molecular complexity index is 472. The molecule has 1 aromatic carbocycles. The van der Waals surface area contributed by atoms with E-state index >= 15 is 0 Å². The molecule has 0 aliphatic heterocycles. The first kappa shape index (κ1) is 16.3. The van der Waals surface area contributed by atoms with Crippen molar-refractivity contribution in [3.8, 4) is 0 Å². The number of nitrogens with one attached hydrogen (secondary N) is 1. The number of aromatic carboxylic acids is 1. The lowest BCUT2D eigenvalue weighted by molar-refractivity contribution is -0.135. The summed E-state index contributed by atoms with van der Waals surface area (Å²) >= 11 is 0. The van der Waals surface area contributed by atoms with Gasteiger partial charge in [-0.05, 0) is 44.4 Å². The van der Waals surface area contributed by atoms with Crippen LogP contribution in [-0.4, -0.2) is 23.3 Å². The van der Waals surface area contributed by atoms with E-state index in [0.29, 0.717) is 17.7 Å². The van der Waals surface area contributed by atoms with Crippen LogP contribution in [0.25, 0.3) is 0 Å². The maximum absolute atomic E-state index is 12.1. The Morgan fingerprint density at radius 2 is 2.05 bits per heavy atom. The van der Waals surface area contributed by atoms with E-state index in [4.69, 9.17) is 5.11 Å². The maximum Gasteiger partial charge on any atom is 0.389 e. The Balaban J connectivity index is 2.60. The van der Waals surface area contributed by atoms with E-state index in [2.05, 4.69) is 5.32 Å². The zero-order chi connectivity index (χ0) is 15.3. The minimum absolute atomic E-state index is 0.0509. The summed E-state index contributed by atoms with van der Waals surface area (Å²) in [6.45, 7) is 3.46. The van der Waals surface area contributed by atoms with Crippen LogP contribution in [0.2, 0.25) is 0 Å². The minimum Gasteiger partial charge on any atom is -0.478 e. The van der Waals surface area contributed by atoms with Crippen molar-refractivity contribution < 1.29 is 23.1 Å². The van der Waals surface area contributed by atoms with Crippen molar-refractivity contribution in [2.45, 2.75) is 45.3 Å². The summed E-state index contributed by atoms with van der Waals surface area (Å²) in [6.07, 6.45) is -4.50. The quantitative estimate of drug-likeness (QED) is 0.824. The average molecular weight is 289 g/mol. The lowest BCUT2D eigenvalue weighted by Gasteiger charge is -2.18. The molecule has 3 nitrogen and oxygen atoms in total. The van der Waals surface area contributed by atoms with Gasteiger partial charge in [-0.1, -0.05) is 6.07 Å². The topological polar surface area (TPSA) is 49.3 Å². The Hall–Kier alpha value is -1.72. The van der Waals surface area contributed by atoms with Crippen molar-refractivity contribution in [3.05, 3.63) is 29.3 Å². The third-order valence-corrected chi connectivity index (χ3v) is 3.06. The number of anilines is 1. The summed E-state index contributed by atoms with van der Waals surface area (Å²) in [5, 5.41) is 12.1. The second kappa shape index (κ2) is 6.63. The van der Waals surface area contributed by atoms with Gasteiger partial charge in [-0.2, -0.15) is 13.2 Å². The summed E-state index contributed by atoms with van der Waals surface area (Å²) in [7, 11) is 0. The van der Waals surface area contributed by atoms with Gasteiger partial charge in [0.15, 0.2) is 0 Å². The molecule has 1 aromatic rings. The number of carboxylic acid groups (broad SMARTS) is 1. The van der Waals surface area contributed by atoms with Crippen LogP contribution in [0, 0.1) is 6.92 Å². The lowest BCUT2D eigenvalue weighted by Crippen LogP contribution is -2.18. The van der Waals surface area contributed by atoms with Crippen LogP contribution in [0.15, 0.2) is 18.2 Å². The molecule has 0 aliphatic carbocycles. The van der Waals surface area contributed by atoms with Gasteiger partial charge >= 0.3 is 12.1 Å². The van der Waals surface area contributed by atoms with Crippen molar-refractivity contribution >= 4 is 11.7 Å². The lowest BCUT2D eigenvalue weighted by atomic mass is 10.1. The molecule has 0 spiro atoms. The van der Waals surface area contributed by atoms with Crippen LogP contribution in [0.5, 0.6) is 0 Å². The van der Waals surface area contributed by atoms with Gasteiger partial charge in [-0.3, -0.25) is 0 Å². The van der Waals surface area contributed by atoms with Gasteiger partial charge in [0.05, 0.1) is 5.56 Å². The molecular weight excluding hydrogens is 271 g/mol. The minimum atomic E-state index is -4.13. The van der Waals surface area contributed by atoms with Gasteiger partial charge in [-0.25, -0.2) is 4.79 Å². The van der Waals surface area contributed by atoms with E-state index in [1.54, 1.807) is 26.0 Å². The van der Waals surface area contributed by atoms with E-state index in [0.717, 1.165) is 0 Å². The fourth-order valence-electron chi connectivity index (χ4n) is 1.97. The number of carboxylic acids is 1. The Labute approximate surface area is 115 Å². The normalized spacial score (nSPS) is 13.1. The number of benzene rings is 1. The van der Waals surface area contributed by atoms with E-state index < -0.39 is 18.6 Å². The monoisotopic (exact) mass is 289 g/mol. The number of carbonyl (C=O) groups is 1. The molecule has 0 fully saturated rings. The van der Waals surface area contributed by atoms with Crippen molar-refractivity contribution in [2.75, 3.05) is 5.32 Å². The summed E-state index contributed by atoms with van der Waals surface area (Å²) < 4.78 is 36.2. The molecule has 1 unspecified atom stereocenters. The second-order valence-electron chi connectivity index (χ2n) is 4.84. The number of rotatable bonds is 6. The molecule has 6 heteroatoms. The number of halogens is 3. The number of hydrogen-bond donors (Lipinski definition) is 2. The van der Waals surface area contributed by atoms with Crippen LogP contribution in [-0.2, 0) is 0 Å². The summed E-state index contributed by atoms with van der Waals surface area (Å²) in [4.78, 5) is 11.0. The molecule has 0 aromatic heterocycles. The number of alkyl halides is 3. The van der Waals surface area contributed by atoms with E-state index in [9.17, 15) is 18.0 Å². The molecule has 0 aliphatic rings. The molecule has 1 rings (SSSR count). The molecule has 0 bridgehead atoms. The molecule has 0 saturated carbocycles. The maximum atomic E-state index is 12.1. The molecule has 112 valence electrons. The van der Waals surface area contributed by atoms with Crippen LogP contribution >= 0.6 is 0 Å². The Kier molecular flexibility index (Phi) is 5.42. The highest BCUT2D eigenvalue weighted by atomic mass is 19.4. The molecular formula is C14H18F3NO2. The van der Waals surface area contributed by atoms with Crippen LogP contribution in [0.3, 0.4) is 0 Å². The zero-order valence-electron chi connectivity index (χ0n) is 11.4. The predicted molar refractivity (Wildman–Crippen MR) is 71.1 cm³/mol. The standard InChI is InChI=1S/C14H18F3NO2/c1-9(5-4-8-14(15,16)17)18-12-7-3-6-11(10(12)2)13(19)20/h3,6-7,9,18H,4-5,8H2,1-2H3,(H,19,20). The van der Waals surface area contributed by atoms with Crippen LogP contribution < -0.4 is 5.32 Å². The van der Waals surface area contributed by atoms with Crippen molar-refractivity contribution in [3.63, 3.8) is 0 Å². The largest absolute Gasteiger partial charge is 0.478 e. The van der Waals surface area contributed by atoms with Gasteiger partial charge in [0.1, 0.15) is 0 Å². The van der Waals surface area contributed by atoms with Crippen molar-refractivity contribution in [2.24, 2.45) is 0 Å². The summed E-state index contributed by atoms with van der Waals surface area (Å²) in [6, 6.07) is 4.68. The number of hydrogen-bond acceptors (Lipinski definition) is 2. The Morgan fingerprint density at radius 1 is 1.40 bits per heavy atom. The van der Waals surface area contributed by atoms with Gasteiger partial charge in [0.25, 0.3) is 0 Å². The van der Waals surface area contributed by atoms with Crippen LogP contribution in [0.1, 0.15) is 42.1 Å². The van der Waals surface area contributed by atoms with Crippen LogP contribution in [0.4, 0.5) is 18.9 Å². The average Bonchev–Trinajstić information content (AvgIpc) is 2.29. The SMILES string of the molecule is Cc1c(NC(C)CCCC(F)(F)F)cccc1C(=O)O. The third-order valence-electron chi connectivity index (χ3n) is 3.06. The summed E-state index contributed by atoms with van der Waals surface area (Å²) in [5.74, 6) is -1.02. The molecule has 1 atom stereocenters. The molecule has 0 heterocycles. The van der Waals surface area contributed by atoms with Gasteiger partial charge in [-0.15, -0.1) is 0 Å². The van der Waals surface area contributed by atoms with E-state index in [1.165, 1.54) is 6.07 Å². The summed E-state index contributed by atoms with van der Waals surface area (Å²) in [5.41, 5.74) is 1.42. The molecule has 0 saturated heterocycles. The fourth-order valence-corrected chi connectivity index (χ4v) is 1.97. The van der Waals surface area contributed by atoms with E-state index in [1.807, 2.05) is 0 Å². The molecule has 0 radical (unpaired) electrons.